The maximum Gasteiger partial charge on any atom is 0.317 e. The van der Waals surface area contributed by atoms with Gasteiger partial charge in [0.15, 0.2) is 0 Å². The highest BCUT2D eigenvalue weighted by molar-refractivity contribution is 5.75. The highest BCUT2D eigenvalue weighted by Crippen LogP contribution is 2.28. The van der Waals surface area contributed by atoms with Gasteiger partial charge in [-0.05, 0) is 31.9 Å². The molecule has 5 nitrogen and oxygen atoms in total. The van der Waals surface area contributed by atoms with Gasteiger partial charge in [0.25, 0.3) is 0 Å². The molecule has 1 N–H and O–H groups in total. The number of para-hydroxylation sites is 2. The molecule has 0 radical (unpaired) electrons. The van der Waals surface area contributed by atoms with Gasteiger partial charge in [-0.2, -0.15) is 0 Å². The summed E-state index contributed by atoms with van der Waals surface area (Å²) in [5.74, 6) is 0.932. The van der Waals surface area contributed by atoms with Crippen LogP contribution in [-0.2, 0) is 0 Å². The zero-order chi connectivity index (χ0) is 17.5. The highest BCUT2D eigenvalue weighted by Gasteiger charge is 2.24. The van der Waals surface area contributed by atoms with E-state index in [0.29, 0.717) is 12.6 Å². The summed E-state index contributed by atoms with van der Waals surface area (Å²) in [6, 6.07) is 8.65. The van der Waals surface area contributed by atoms with Crippen molar-refractivity contribution in [2.75, 3.05) is 37.7 Å². The molecule has 0 atom stereocenters. The molecule has 0 unspecified atom stereocenters. The molecule has 1 saturated carbocycles. The Morgan fingerprint density at radius 3 is 2.44 bits per heavy atom. The minimum Gasteiger partial charge on any atom is -0.492 e. The number of rotatable bonds is 4. The summed E-state index contributed by atoms with van der Waals surface area (Å²) in [6.07, 6.45) is 7.37. The molecule has 2 fully saturated rings. The van der Waals surface area contributed by atoms with Gasteiger partial charge in [0, 0.05) is 32.2 Å². The van der Waals surface area contributed by atoms with E-state index in [1.54, 1.807) is 0 Å². The van der Waals surface area contributed by atoms with Gasteiger partial charge in [0.05, 0.1) is 12.3 Å². The standard InChI is InChI=1S/C20H31N3O2/c1-2-25-19-12-8-7-11-18(19)22-13-15-23(16-14-22)20(24)21-17-9-5-3-4-6-10-17/h7-8,11-12,17H,2-6,9-10,13-16H2,1H3,(H,21,24). The fourth-order valence-corrected chi connectivity index (χ4v) is 3.84. The number of nitrogens with zero attached hydrogens (tertiary/aromatic N) is 2. The van der Waals surface area contributed by atoms with Crippen molar-refractivity contribution in [3.63, 3.8) is 0 Å². The van der Waals surface area contributed by atoms with Crippen LogP contribution in [0.1, 0.15) is 45.4 Å². The zero-order valence-electron chi connectivity index (χ0n) is 15.4. The summed E-state index contributed by atoms with van der Waals surface area (Å²) in [7, 11) is 0. The van der Waals surface area contributed by atoms with E-state index in [1.165, 1.54) is 25.7 Å². The fourth-order valence-electron chi connectivity index (χ4n) is 3.84. The van der Waals surface area contributed by atoms with Crippen molar-refractivity contribution in [2.24, 2.45) is 0 Å². The lowest BCUT2D eigenvalue weighted by Gasteiger charge is -2.37. The number of carbonyl (C=O) groups is 1. The Bertz CT molecular complexity index is 548. The lowest BCUT2D eigenvalue weighted by Crippen LogP contribution is -2.53. The molecule has 1 aliphatic heterocycles. The molecule has 0 aromatic heterocycles. The predicted molar refractivity (Wildman–Crippen MR) is 101 cm³/mol. The van der Waals surface area contributed by atoms with Gasteiger partial charge in [-0.1, -0.05) is 37.8 Å². The second-order valence-electron chi connectivity index (χ2n) is 7.01. The van der Waals surface area contributed by atoms with Crippen molar-refractivity contribution >= 4 is 11.7 Å². The van der Waals surface area contributed by atoms with Gasteiger partial charge in [0.2, 0.25) is 0 Å². The summed E-state index contributed by atoms with van der Waals surface area (Å²) in [5.41, 5.74) is 1.13. The fraction of sp³-hybridized carbons (Fsp3) is 0.650. The Hall–Kier alpha value is -1.91. The predicted octanol–water partition coefficient (Wildman–Crippen LogP) is 3.64. The van der Waals surface area contributed by atoms with Gasteiger partial charge in [-0.15, -0.1) is 0 Å². The molecule has 0 spiro atoms. The zero-order valence-corrected chi connectivity index (χ0v) is 15.4. The molecule has 2 amide bonds. The number of carbonyl (C=O) groups excluding carboxylic acids is 1. The van der Waals surface area contributed by atoms with Gasteiger partial charge in [0.1, 0.15) is 5.75 Å². The van der Waals surface area contributed by atoms with Crippen molar-refractivity contribution in [3.8, 4) is 5.75 Å². The SMILES string of the molecule is CCOc1ccccc1N1CCN(C(=O)NC2CCCCCC2)CC1. The quantitative estimate of drug-likeness (QED) is 0.848. The molecule has 1 aliphatic carbocycles. The first-order chi connectivity index (χ1) is 12.3. The first-order valence-electron chi connectivity index (χ1n) is 9.80. The minimum absolute atomic E-state index is 0.115. The maximum absolute atomic E-state index is 12.6. The van der Waals surface area contributed by atoms with Crippen LogP contribution in [-0.4, -0.2) is 49.8 Å². The molecule has 0 bridgehead atoms. The molecule has 25 heavy (non-hydrogen) atoms. The van der Waals surface area contributed by atoms with Crippen LogP contribution in [0.2, 0.25) is 0 Å². The van der Waals surface area contributed by atoms with Crippen molar-refractivity contribution in [1.29, 1.82) is 0 Å². The van der Waals surface area contributed by atoms with Crippen LogP contribution in [0.25, 0.3) is 0 Å². The van der Waals surface area contributed by atoms with E-state index in [4.69, 9.17) is 4.74 Å². The smallest absolute Gasteiger partial charge is 0.317 e. The monoisotopic (exact) mass is 345 g/mol. The molecule has 1 aromatic carbocycles. The summed E-state index contributed by atoms with van der Waals surface area (Å²) in [6.45, 7) is 5.90. The molecule has 1 saturated heterocycles. The number of nitrogens with one attached hydrogen (secondary N) is 1. The number of amides is 2. The van der Waals surface area contributed by atoms with E-state index in [9.17, 15) is 4.79 Å². The second-order valence-corrected chi connectivity index (χ2v) is 7.01. The molecule has 5 heteroatoms. The van der Waals surface area contributed by atoms with Crippen LogP contribution in [0, 0.1) is 0 Å². The Morgan fingerprint density at radius 1 is 1.08 bits per heavy atom. The van der Waals surface area contributed by atoms with Crippen LogP contribution >= 0.6 is 0 Å². The molecule has 1 heterocycles. The number of piperazine rings is 1. The number of hydrogen-bond acceptors (Lipinski definition) is 3. The first-order valence-corrected chi connectivity index (χ1v) is 9.80. The molecule has 3 rings (SSSR count). The number of benzene rings is 1. The lowest BCUT2D eigenvalue weighted by molar-refractivity contribution is 0.189. The van der Waals surface area contributed by atoms with E-state index >= 15 is 0 Å². The molecule has 2 aliphatic rings. The van der Waals surface area contributed by atoms with Gasteiger partial charge < -0.3 is 19.9 Å². The normalized spacial score (nSPS) is 19.4. The largest absolute Gasteiger partial charge is 0.492 e. The Kier molecular flexibility index (Phi) is 6.42. The van der Waals surface area contributed by atoms with Gasteiger partial charge >= 0.3 is 6.03 Å². The highest BCUT2D eigenvalue weighted by atomic mass is 16.5. The number of ether oxygens (including phenoxy) is 1. The Morgan fingerprint density at radius 2 is 1.76 bits per heavy atom. The van der Waals surface area contributed by atoms with Crippen LogP contribution in [0.5, 0.6) is 5.75 Å². The summed E-state index contributed by atoms with van der Waals surface area (Å²) >= 11 is 0. The van der Waals surface area contributed by atoms with E-state index in [0.717, 1.165) is 50.5 Å². The Labute approximate surface area is 151 Å². The van der Waals surface area contributed by atoms with E-state index in [2.05, 4.69) is 16.3 Å². The number of urea groups is 1. The van der Waals surface area contributed by atoms with Gasteiger partial charge in [-0.3, -0.25) is 0 Å². The first kappa shape index (κ1) is 17.9. The van der Waals surface area contributed by atoms with Crippen LogP contribution in [0.4, 0.5) is 10.5 Å². The average Bonchev–Trinajstić information content (AvgIpc) is 2.91. The van der Waals surface area contributed by atoms with E-state index in [1.807, 2.05) is 30.0 Å². The third-order valence-electron chi connectivity index (χ3n) is 5.26. The van der Waals surface area contributed by atoms with Crippen LogP contribution in [0.15, 0.2) is 24.3 Å². The Balaban J connectivity index is 1.52. The topological polar surface area (TPSA) is 44.8 Å². The minimum atomic E-state index is 0.115. The molecular formula is C20H31N3O2. The van der Waals surface area contributed by atoms with E-state index < -0.39 is 0 Å². The van der Waals surface area contributed by atoms with Crippen molar-refractivity contribution < 1.29 is 9.53 Å². The third kappa shape index (κ3) is 4.80. The van der Waals surface area contributed by atoms with Crippen molar-refractivity contribution in [1.82, 2.24) is 10.2 Å². The molecular weight excluding hydrogens is 314 g/mol. The van der Waals surface area contributed by atoms with Crippen molar-refractivity contribution in [3.05, 3.63) is 24.3 Å². The average molecular weight is 345 g/mol. The number of hydrogen-bond donors (Lipinski definition) is 1. The summed E-state index contributed by atoms with van der Waals surface area (Å²) in [4.78, 5) is 16.8. The third-order valence-corrected chi connectivity index (χ3v) is 5.26. The van der Waals surface area contributed by atoms with Crippen molar-refractivity contribution in [2.45, 2.75) is 51.5 Å². The van der Waals surface area contributed by atoms with Crippen LogP contribution < -0.4 is 15.0 Å². The van der Waals surface area contributed by atoms with E-state index in [-0.39, 0.29) is 6.03 Å². The molecule has 138 valence electrons. The lowest BCUT2D eigenvalue weighted by atomic mass is 10.1. The number of anilines is 1. The van der Waals surface area contributed by atoms with Gasteiger partial charge in [-0.25, -0.2) is 4.79 Å². The molecule has 1 aromatic rings. The maximum atomic E-state index is 12.6. The summed E-state index contributed by atoms with van der Waals surface area (Å²) in [5, 5.41) is 3.26. The second kappa shape index (κ2) is 8.97. The summed E-state index contributed by atoms with van der Waals surface area (Å²) < 4.78 is 5.74. The van der Waals surface area contributed by atoms with Crippen LogP contribution in [0.3, 0.4) is 0 Å².